The summed E-state index contributed by atoms with van der Waals surface area (Å²) in [6.07, 6.45) is 3.56. The summed E-state index contributed by atoms with van der Waals surface area (Å²) in [6, 6.07) is 20.4. The monoisotopic (exact) mass is 375 g/mol. The van der Waals surface area contributed by atoms with E-state index in [0.717, 1.165) is 28.7 Å². The molecule has 0 saturated carbocycles. The molecule has 136 valence electrons. The molecule has 0 spiro atoms. The van der Waals surface area contributed by atoms with Crippen molar-refractivity contribution in [1.29, 1.82) is 0 Å². The van der Waals surface area contributed by atoms with Gasteiger partial charge < -0.3 is 0 Å². The predicted molar refractivity (Wildman–Crippen MR) is 115 cm³/mol. The van der Waals surface area contributed by atoms with Gasteiger partial charge >= 0.3 is 0 Å². The summed E-state index contributed by atoms with van der Waals surface area (Å²) in [5, 5.41) is 2.23. The first-order valence-electron chi connectivity index (χ1n) is 9.20. The quantitative estimate of drug-likeness (QED) is 0.320. The van der Waals surface area contributed by atoms with E-state index in [9.17, 15) is 4.39 Å². The fourth-order valence-electron chi connectivity index (χ4n) is 3.19. The highest BCUT2D eigenvalue weighted by atomic mass is 32.1. The first-order chi connectivity index (χ1) is 13.1. The average molecular weight is 376 g/mol. The predicted octanol–water partition coefficient (Wildman–Crippen LogP) is 7.55. The lowest BCUT2D eigenvalue weighted by Crippen LogP contribution is -1.87. The zero-order chi connectivity index (χ0) is 19.2. The van der Waals surface area contributed by atoms with E-state index >= 15 is 0 Å². The Balaban J connectivity index is 1.84. The van der Waals surface area contributed by atoms with E-state index in [1.54, 1.807) is 0 Å². The molecule has 1 nitrogen and oxygen atoms in total. The maximum absolute atomic E-state index is 14.3. The van der Waals surface area contributed by atoms with Gasteiger partial charge in [0.25, 0.3) is 0 Å². The molecule has 0 heterocycles. The van der Waals surface area contributed by atoms with Crippen LogP contribution in [0.5, 0.6) is 0 Å². The van der Waals surface area contributed by atoms with Crippen LogP contribution in [0.3, 0.4) is 0 Å². The third-order valence-corrected chi connectivity index (χ3v) is 4.83. The molecule has 0 fully saturated rings. The van der Waals surface area contributed by atoms with Gasteiger partial charge in [-0.25, -0.2) is 4.39 Å². The lowest BCUT2D eigenvalue weighted by Gasteiger charge is -2.09. The van der Waals surface area contributed by atoms with Crippen molar-refractivity contribution < 1.29 is 4.39 Å². The molecule has 0 aliphatic rings. The van der Waals surface area contributed by atoms with Gasteiger partial charge in [-0.05, 0) is 77.5 Å². The first-order valence-corrected chi connectivity index (χ1v) is 9.61. The topological polar surface area (TPSA) is 12.4 Å². The number of unbranched alkanes of at least 4 members (excludes halogenated alkanes) is 1. The lowest BCUT2D eigenvalue weighted by atomic mass is 9.97. The minimum atomic E-state index is -0.380. The van der Waals surface area contributed by atoms with Crippen molar-refractivity contribution in [3.05, 3.63) is 77.6 Å². The molecule has 0 atom stereocenters. The second-order valence-electron chi connectivity index (χ2n) is 6.70. The molecule has 0 aliphatic heterocycles. The SMILES string of the molecule is CCCCc1ccc(-c2ccc(-c3cc(C)c(N=C=S)c(F)c3)cc2)cc1. The minimum Gasteiger partial charge on any atom is -0.205 e. The molecule has 0 aliphatic carbocycles. The second-order valence-corrected chi connectivity index (χ2v) is 6.89. The molecule has 3 aromatic rings. The van der Waals surface area contributed by atoms with Gasteiger partial charge in [0.2, 0.25) is 0 Å². The number of benzene rings is 3. The van der Waals surface area contributed by atoms with Crippen molar-refractivity contribution in [2.24, 2.45) is 4.99 Å². The van der Waals surface area contributed by atoms with Gasteiger partial charge in [0.05, 0.1) is 5.16 Å². The van der Waals surface area contributed by atoms with Gasteiger partial charge in [0.1, 0.15) is 5.69 Å². The van der Waals surface area contributed by atoms with Crippen LogP contribution in [0.15, 0.2) is 65.7 Å². The number of hydrogen-bond acceptors (Lipinski definition) is 2. The molecule has 0 radical (unpaired) electrons. The van der Waals surface area contributed by atoms with E-state index in [2.05, 4.69) is 65.7 Å². The van der Waals surface area contributed by atoms with Gasteiger partial charge in [-0.15, -0.1) is 0 Å². The molecular weight excluding hydrogens is 353 g/mol. The Morgan fingerprint density at radius 1 is 0.889 bits per heavy atom. The maximum Gasteiger partial charge on any atom is 0.150 e. The largest absolute Gasteiger partial charge is 0.205 e. The van der Waals surface area contributed by atoms with Gasteiger partial charge in [0, 0.05) is 0 Å². The first kappa shape index (κ1) is 19.2. The molecule has 3 aromatic carbocycles. The Kier molecular flexibility index (Phi) is 6.28. The Morgan fingerprint density at radius 2 is 1.44 bits per heavy atom. The van der Waals surface area contributed by atoms with Gasteiger partial charge in [0.15, 0.2) is 5.82 Å². The smallest absolute Gasteiger partial charge is 0.150 e. The summed E-state index contributed by atoms with van der Waals surface area (Å²) in [6.45, 7) is 4.04. The van der Waals surface area contributed by atoms with Crippen molar-refractivity contribution in [1.82, 2.24) is 0 Å². The highest BCUT2D eigenvalue weighted by molar-refractivity contribution is 7.78. The summed E-state index contributed by atoms with van der Waals surface area (Å²) >= 11 is 4.59. The summed E-state index contributed by atoms with van der Waals surface area (Å²) in [5.41, 5.74) is 6.52. The van der Waals surface area contributed by atoms with E-state index in [0.29, 0.717) is 0 Å². The third-order valence-electron chi connectivity index (χ3n) is 4.74. The number of rotatable bonds is 6. The van der Waals surface area contributed by atoms with Gasteiger partial charge in [-0.3, -0.25) is 0 Å². The molecule has 3 heteroatoms. The fourth-order valence-corrected chi connectivity index (χ4v) is 3.28. The average Bonchev–Trinajstić information content (AvgIpc) is 2.69. The van der Waals surface area contributed by atoms with Crippen LogP contribution in [0.4, 0.5) is 10.1 Å². The van der Waals surface area contributed by atoms with Crippen molar-refractivity contribution in [3.8, 4) is 22.3 Å². The van der Waals surface area contributed by atoms with Gasteiger partial charge in [-0.2, -0.15) is 4.99 Å². The number of aryl methyl sites for hydroxylation is 2. The zero-order valence-electron chi connectivity index (χ0n) is 15.6. The van der Waals surface area contributed by atoms with Crippen molar-refractivity contribution in [3.63, 3.8) is 0 Å². The van der Waals surface area contributed by atoms with Crippen molar-refractivity contribution in [2.45, 2.75) is 33.1 Å². The van der Waals surface area contributed by atoms with E-state index in [1.807, 2.05) is 25.1 Å². The van der Waals surface area contributed by atoms with Crippen LogP contribution in [0.25, 0.3) is 22.3 Å². The van der Waals surface area contributed by atoms with Crippen molar-refractivity contribution >= 4 is 23.1 Å². The molecule has 0 unspecified atom stereocenters. The number of hydrogen-bond donors (Lipinski definition) is 0. The zero-order valence-corrected chi connectivity index (χ0v) is 16.4. The number of nitrogens with zero attached hydrogens (tertiary/aromatic N) is 1. The summed E-state index contributed by atoms with van der Waals surface area (Å²) in [7, 11) is 0. The van der Waals surface area contributed by atoms with Crippen LogP contribution < -0.4 is 0 Å². The highest BCUT2D eigenvalue weighted by Gasteiger charge is 2.09. The number of thiocarbonyl (C=S) groups is 1. The molecule has 0 bridgehead atoms. The molecule has 0 amide bonds. The minimum absolute atomic E-state index is 0.258. The molecule has 0 aromatic heterocycles. The molecule has 27 heavy (non-hydrogen) atoms. The Hall–Kier alpha value is -2.61. The van der Waals surface area contributed by atoms with Crippen LogP contribution in [0, 0.1) is 12.7 Å². The van der Waals surface area contributed by atoms with Gasteiger partial charge in [-0.1, -0.05) is 61.9 Å². The summed E-state index contributed by atoms with van der Waals surface area (Å²) < 4.78 is 14.3. The Bertz CT molecular complexity index is 945. The standard InChI is InChI=1S/C24H22FNS/c1-3-4-5-18-6-8-19(9-7-18)20-10-12-21(13-11-20)22-14-17(2)24(26-16-27)23(25)15-22/h6-15H,3-5H2,1-2H3. The van der Waals surface area contributed by atoms with E-state index in [-0.39, 0.29) is 11.5 Å². The fraction of sp³-hybridized carbons (Fsp3) is 0.208. The van der Waals surface area contributed by atoms with Crippen LogP contribution in [-0.4, -0.2) is 5.16 Å². The molecular formula is C24H22FNS. The van der Waals surface area contributed by atoms with Crippen LogP contribution in [0.1, 0.15) is 30.9 Å². The van der Waals surface area contributed by atoms with Crippen LogP contribution in [0.2, 0.25) is 0 Å². The summed E-state index contributed by atoms with van der Waals surface area (Å²) in [5.74, 6) is -0.380. The molecule has 0 saturated heterocycles. The molecule has 0 N–H and O–H groups in total. The van der Waals surface area contributed by atoms with E-state index in [1.165, 1.54) is 30.0 Å². The second kappa shape index (κ2) is 8.85. The number of aliphatic imine (C=N–C) groups is 1. The third kappa shape index (κ3) is 4.57. The lowest BCUT2D eigenvalue weighted by molar-refractivity contribution is 0.629. The normalized spacial score (nSPS) is 10.5. The maximum atomic E-state index is 14.3. The van der Waals surface area contributed by atoms with Crippen LogP contribution >= 0.6 is 12.2 Å². The molecule has 3 rings (SSSR count). The van der Waals surface area contributed by atoms with E-state index in [4.69, 9.17) is 0 Å². The van der Waals surface area contributed by atoms with Crippen LogP contribution in [-0.2, 0) is 6.42 Å². The number of isothiocyanates is 1. The number of halogens is 1. The Morgan fingerprint density at radius 3 is 1.96 bits per heavy atom. The Labute approximate surface area is 165 Å². The van der Waals surface area contributed by atoms with E-state index < -0.39 is 0 Å². The highest BCUT2D eigenvalue weighted by Crippen LogP contribution is 2.31. The van der Waals surface area contributed by atoms with Crippen molar-refractivity contribution in [2.75, 3.05) is 0 Å². The summed E-state index contributed by atoms with van der Waals surface area (Å²) in [4.78, 5) is 3.81.